The molecule has 2 aromatic heterocycles. The molecule has 3 heterocycles. The standard InChI is InChI=1S/C27H30N4O3/c1-18(14-25(33)34-4)20-15-23-27(29-16-20)26(24(32)17-30-12-6-5-7-13-30)19(2)31(23)22-10-8-21(28-3)9-11-22/h8-11,15-16,18H,5-7,12-14,17H2,1-2,4H3/t18-/m1/s1. The summed E-state index contributed by atoms with van der Waals surface area (Å²) in [5, 5.41) is 0. The van der Waals surface area contributed by atoms with Gasteiger partial charge in [0.2, 0.25) is 0 Å². The van der Waals surface area contributed by atoms with Crippen molar-refractivity contribution in [2.75, 3.05) is 26.7 Å². The Morgan fingerprint density at radius 3 is 2.53 bits per heavy atom. The molecule has 7 heteroatoms. The van der Waals surface area contributed by atoms with Crippen LogP contribution in [0, 0.1) is 13.5 Å². The molecule has 0 spiro atoms. The number of pyridine rings is 1. The molecule has 176 valence electrons. The minimum atomic E-state index is -0.272. The van der Waals surface area contributed by atoms with Crippen LogP contribution in [0.1, 0.15) is 60.1 Å². The molecule has 0 amide bonds. The highest BCUT2D eigenvalue weighted by Crippen LogP contribution is 2.32. The van der Waals surface area contributed by atoms with Gasteiger partial charge in [-0.05, 0) is 62.5 Å². The number of Topliss-reactive ketones (excluding diaryl/α,β-unsaturated/α-hetero) is 1. The van der Waals surface area contributed by atoms with Crippen LogP contribution in [-0.2, 0) is 9.53 Å². The summed E-state index contributed by atoms with van der Waals surface area (Å²) in [5.41, 5.74) is 5.30. The monoisotopic (exact) mass is 458 g/mol. The van der Waals surface area contributed by atoms with Crippen LogP contribution in [0.5, 0.6) is 0 Å². The quantitative estimate of drug-likeness (QED) is 0.276. The number of nitrogens with zero attached hydrogens (tertiary/aromatic N) is 4. The summed E-state index contributed by atoms with van der Waals surface area (Å²) in [6.45, 7) is 13.4. The second kappa shape index (κ2) is 10.2. The highest BCUT2D eigenvalue weighted by atomic mass is 16.5. The summed E-state index contributed by atoms with van der Waals surface area (Å²) in [4.78, 5) is 35.8. The zero-order chi connectivity index (χ0) is 24.2. The molecule has 1 fully saturated rings. The highest BCUT2D eigenvalue weighted by Gasteiger charge is 2.25. The first-order valence-electron chi connectivity index (χ1n) is 11.7. The molecule has 0 unspecified atom stereocenters. The van der Waals surface area contributed by atoms with Crippen molar-refractivity contribution in [2.24, 2.45) is 0 Å². The molecule has 1 aliphatic rings. The van der Waals surface area contributed by atoms with Crippen molar-refractivity contribution in [2.45, 2.75) is 45.4 Å². The third-order valence-corrected chi connectivity index (χ3v) is 6.66. The van der Waals surface area contributed by atoms with Crippen molar-refractivity contribution in [3.8, 4) is 5.69 Å². The smallest absolute Gasteiger partial charge is 0.306 e. The lowest BCUT2D eigenvalue weighted by molar-refractivity contribution is -0.140. The summed E-state index contributed by atoms with van der Waals surface area (Å²) in [5.74, 6) is -0.278. The molecule has 0 saturated carbocycles. The fraction of sp³-hybridized carbons (Fsp3) is 0.407. The van der Waals surface area contributed by atoms with Gasteiger partial charge in [0.05, 0.1) is 43.2 Å². The lowest BCUT2D eigenvalue weighted by atomic mass is 9.99. The number of ketones is 1. The average molecular weight is 459 g/mol. The number of hydrogen-bond donors (Lipinski definition) is 0. The van der Waals surface area contributed by atoms with Crippen LogP contribution in [0.15, 0.2) is 36.5 Å². The second-order valence-corrected chi connectivity index (χ2v) is 9.00. The molecule has 7 nitrogen and oxygen atoms in total. The Bertz CT molecular complexity index is 1250. The van der Waals surface area contributed by atoms with E-state index in [1.807, 2.05) is 36.6 Å². The first-order chi connectivity index (χ1) is 16.4. The molecule has 1 saturated heterocycles. The van der Waals surface area contributed by atoms with E-state index in [2.05, 4.69) is 9.74 Å². The van der Waals surface area contributed by atoms with E-state index in [1.54, 1.807) is 18.3 Å². The lowest BCUT2D eigenvalue weighted by Crippen LogP contribution is -2.34. The molecule has 3 aromatic rings. The van der Waals surface area contributed by atoms with Gasteiger partial charge < -0.3 is 9.30 Å². The molecular formula is C27H30N4O3. The van der Waals surface area contributed by atoms with E-state index in [0.29, 0.717) is 23.3 Å². The molecule has 0 N–H and O–H groups in total. The summed E-state index contributed by atoms with van der Waals surface area (Å²) in [6.07, 6.45) is 5.49. The normalized spacial score (nSPS) is 15.1. The Morgan fingerprint density at radius 2 is 1.88 bits per heavy atom. The average Bonchev–Trinajstić information content (AvgIpc) is 3.15. The number of benzene rings is 1. The Morgan fingerprint density at radius 1 is 1.18 bits per heavy atom. The zero-order valence-electron chi connectivity index (χ0n) is 20.0. The summed E-state index contributed by atoms with van der Waals surface area (Å²) in [7, 11) is 1.39. The van der Waals surface area contributed by atoms with Gasteiger partial charge in [0.15, 0.2) is 11.5 Å². The van der Waals surface area contributed by atoms with Gasteiger partial charge in [0.1, 0.15) is 0 Å². The summed E-state index contributed by atoms with van der Waals surface area (Å²) >= 11 is 0. The molecular weight excluding hydrogens is 428 g/mol. The van der Waals surface area contributed by atoms with Crippen LogP contribution in [0.25, 0.3) is 21.6 Å². The van der Waals surface area contributed by atoms with E-state index < -0.39 is 0 Å². The number of likely N-dealkylation sites (tertiary alicyclic amines) is 1. The van der Waals surface area contributed by atoms with Gasteiger partial charge in [0.25, 0.3) is 0 Å². The van der Waals surface area contributed by atoms with Crippen molar-refractivity contribution < 1.29 is 14.3 Å². The van der Waals surface area contributed by atoms with Gasteiger partial charge in [0, 0.05) is 17.6 Å². The predicted octanol–water partition coefficient (Wildman–Crippen LogP) is 5.22. The zero-order valence-corrected chi connectivity index (χ0v) is 20.0. The maximum atomic E-state index is 13.5. The van der Waals surface area contributed by atoms with Gasteiger partial charge in [-0.2, -0.15) is 0 Å². The Labute approximate surface area is 200 Å². The molecule has 1 aliphatic heterocycles. The fourth-order valence-electron chi connectivity index (χ4n) is 4.76. The van der Waals surface area contributed by atoms with Gasteiger partial charge >= 0.3 is 5.97 Å². The number of rotatable bonds is 7. The number of carbonyl (C=O) groups is 2. The fourth-order valence-corrected chi connectivity index (χ4v) is 4.76. The molecule has 1 aromatic carbocycles. The minimum absolute atomic E-state index is 0.0730. The van der Waals surface area contributed by atoms with E-state index in [9.17, 15) is 9.59 Å². The van der Waals surface area contributed by atoms with Crippen molar-refractivity contribution in [1.82, 2.24) is 14.5 Å². The van der Waals surface area contributed by atoms with Crippen molar-refractivity contribution in [3.05, 3.63) is 64.8 Å². The van der Waals surface area contributed by atoms with Crippen LogP contribution < -0.4 is 0 Å². The second-order valence-electron chi connectivity index (χ2n) is 9.00. The predicted molar refractivity (Wildman–Crippen MR) is 132 cm³/mol. The van der Waals surface area contributed by atoms with Crippen LogP contribution in [0.4, 0.5) is 5.69 Å². The Hall–Kier alpha value is -3.50. The summed E-state index contributed by atoms with van der Waals surface area (Å²) < 4.78 is 6.87. The maximum Gasteiger partial charge on any atom is 0.306 e. The largest absolute Gasteiger partial charge is 0.469 e. The number of fused-ring (bicyclic) bond motifs is 1. The molecule has 34 heavy (non-hydrogen) atoms. The van der Waals surface area contributed by atoms with Crippen LogP contribution in [0.2, 0.25) is 0 Å². The Balaban J connectivity index is 1.81. The van der Waals surface area contributed by atoms with Crippen molar-refractivity contribution in [3.63, 3.8) is 0 Å². The maximum absolute atomic E-state index is 13.5. The lowest BCUT2D eigenvalue weighted by Gasteiger charge is -2.25. The molecule has 0 bridgehead atoms. The van der Waals surface area contributed by atoms with Crippen LogP contribution >= 0.6 is 0 Å². The first kappa shape index (κ1) is 23.7. The number of esters is 1. The van der Waals surface area contributed by atoms with Gasteiger partial charge in [-0.25, -0.2) is 4.85 Å². The number of hydrogen-bond acceptors (Lipinski definition) is 5. The van der Waals surface area contributed by atoms with E-state index in [-0.39, 0.29) is 24.1 Å². The third-order valence-electron chi connectivity index (χ3n) is 6.66. The van der Waals surface area contributed by atoms with E-state index >= 15 is 0 Å². The topological polar surface area (TPSA) is 68.8 Å². The van der Waals surface area contributed by atoms with Crippen molar-refractivity contribution >= 4 is 28.5 Å². The summed E-state index contributed by atoms with van der Waals surface area (Å²) in [6, 6.07) is 9.36. The van der Waals surface area contributed by atoms with Gasteiger partial charge in [-0.15, -0.1) is 0 Å². The van der Waals surface area contributed by atoms with E-state index in [1.165, 1.54) is 13.5 Å². The number of methoxy groups -OCH3 is 1. The number of ether oxygens (including phenoxy) is 1. The molecule has 0 aliphatic carbocycles. The third kappa shape index (κ3) is 4.73. The van der Waals surface area contributed by atoms with Crippen LogP contribution in [0.3, 0.4) is 0 Å². The van der Waals surface area contributed by atoms with Gasteiger partial charge in [-0.3, -0.25) is 19.5 Å². The number of aromatic nitrogens is 2. The molecule has 1 atom stereocenters. The van der Waals surface area contributed by atoms with Crippen molar-refractivity contribution in [1.29, 1.82) is 0 Å². The molecule has 4 rings (SSSR count). The van der Waals surface area contributed by atoms with E-state index in [4.69, 9.17) is 16.3 Å². The Kier molecular flexibility index (Phi) is 7.09. The first-order valence-corrected chi connectivity index (χ1v) is 11.7. The minimum Gasteiger partial charge on any atom is -0.469 e. The number of piperidine rings is 1. The highest BCUT2D eigenvalue weighted by molar-refractivity contribution is 6.09. The van der Waals surface area contributed by atoms with Crippen LogP contribution in [-0.4, -0.2) is 52.9 Å². The SMILES string of the molecule is [C-]#[N+]c1ccc(-n2c(C)c(C(=O)CN3CCCCC3)c3ncc([C@H](C)CC(=O)OC)cc32)cc1. The molecule has 0 radical (unpaired) electrons. The number of carbonyl (C=O) groups excluding carboxylic acids is 2. The van der Waals surface area contributed by atoms with Gasteiger partial charge in [-0.1, -0.05) is 25.5 Å². The van der Waals surface area contributed by atoms with E-state index in [0.717, 1.165) is 48.4 Å².